The molecule has 2 amide bonds. The molecule has 0 radical (unpaired) electrons. The lowest BCUT2D eigenvalue weighted by Crippen LogP contribution is -2.32. The molecule has 1 aromatic heterocycles. The van der Waals surface area contributed by atoms with Crippen molar-refractivity contribution in [3.05, 3.63) is 24.1 Å². The van der Waals surface area contributed by atoms with Gasteiger partial charge in [0.15, 0.2) is 0 Å². The summed E-state index contributed by atoms with van der Waals surface area (Å²) in [6.45, 7) is 1.91. The van der Waals surface area contributed by atoms with Gasteiger partial charge in [-0.15, -0.1) is 10.2 Å². The van der Waals surface area contributed by atoms with Crippen LogP contribution in [0.4, 0.5) is 10.5 Å². The molecule has 0 aliphatic carbocycles. The van der Waals surface area contributed by atoms with Crippen molar-refractivity contribution in [2.24, 2.45) is 0 Å². The second-order valence-corrected chi connectivity index (χ2v) is 7.54. The predicted octanol–water partition coefficient (Wildman–Crippen LogP) is 1.47. The SMILES string of the molecule is CCc1nnc(-c2ccc(OC)c(NC(=O)NCCS(C)(=O)=O)c2)o1. The molecular weight excluding hydrogens is 348 g/mol. The molecule has 10 heteroatoms. The van der Waals surface area contributed by atoms with Gasteiger partial charge in [0.2, 0.25) is 11.8 Å². The van der Waals surface area contributed by atoms with Crippen LogP contribution in [0.25, 0.3) is 11.5 Å². The first kappa shape index (κ1) is 18.7. The average Bonchev–Trinajstić information content (AvgIpc) is 3.02. The number of hydrogen-bond acceptors (Lipinski definition) is 7. The Morgan fingerprint density at radius 1 is 1.32 bits per heavy atom. The van der Waals surface area contributed by atoms with Crippen molar-refractivity contribution in [1.82, 2.24) is 15.5 Å². The Morgan fingerprint density at radius 3 is 2.68 bits per heavy atom. The molecule has 0 bridgehead atoms. The Morgan fingerprint density at radius 2 is 2.08 bits per heavy atom. The van der Waals surface area contributed by atoms with E-state index in [1.807, 2.05) is 6.92 Å². The molecule has 1 aromatic carbocycles. The van der Waals surface area contributed by atoms with E-state index in [1.165, 1.54) is 7.11 Å². The van der Waals surface area contributed by atoms with Crippen molar-refractivity contribution in [2.45, 2.75) is 13.3 Å². The summed E-state index contributed by atoms with van der Waals surface area (Å²) in [5.41, 5.74) is 1.02. The molecule has 9 nitrogen and oxygen atoms in total. The van der Waals surface area contributed by atoms with Crippen LogP contribution >= 0.6 is 0 Å². The highest BCUT2D eigenvalue weighted by molar-refractivity contribution is 7.90. The molecule has 0 unspecified atom stereocenters. The van der Waals surface area contributed by atoms with Crippen molar-refractivity contribution in [2.75, 3.05) is 31.0 Å². The first-order chi connectivity index (χ1) is 11.8. The highest BCUT2D eigenvalue weighted by Gasteiger charge is 2.13. The van der Waals surface area contributed by atoms with Crippen molar-refractivity contribution in [1.29, 1.82) is 0 Å². The molecule has 2 N–H and O–H groups in total. The molecular formula is C15H20N4O5S. The smallest absolute Gasteiger partial charge is 0.319 e. The van der Waals surface area contributed by atoms with E-state index in [0.29, 0.717) is 35.2 Å². The molecule has 136 valence electrons. The van der Waals surface area contributed by atoms with Crippen LogP contribution in [0.15, 0.2) is 22.6 Å². The summed E-state index contributed by atoms with van der Waals surface area (Å²) in [7, 11) is -1.67. The lowest BCUT2D eigenvalue weighted by molar-refractivity contribution is 0.252. The molecule has 0 atom stereocenters. The second kappa shape index (κ2) is 7.97. The van der Waals surface area contributed by atoms with Crippen LogP contribution in [0.3, 0.4) is 0 Å². The number of hydrogen-bond donors (Lipinski definition) is 2. The van der Waals surface area contributed by atoms with Gasteiger partial charge in [-0.25, -0.2) is 13.2 Å². The van der Waals surface area contributed by atoms with Crippen LogP contribution in [-0.2, 0) is 16.3 Å². The molecule has 0 spiro atoms. The zero-order chi connectivity index (χ0) is 18.4. The van der Waals surface area contributed by atoms with Crippen molar-refractivity contribution in [3.8, 4) is 17.2 Å². The van der Waals surface area contributed by atoms with E-state index in [0.717, 1.165) is 6.26 Å². The zero-order valence-corrected chi connectivity index (χ0v) is 15.0. The molecule has 2 aromatic rings. The third-order valence-electron chi connectivity index (χ3n) is 3.22. The molecule has 0 aliphatic heterocycles. The average molecular weight is 368 g/mol. The maximum absolute atomic E-state index is 11.9. The Labute approximate surface area is 145 Å². The molecule has 0 fully saturated rings. The molecule has 1 heterocycles. The number of carbonyl (C=O) groups excluding carboxylic acids is 1. The quantitative estimate of drug-likeness (QED) is 0.758. The van der Waals surface area contributed by atoms with Crippen LogP contribution in [0.5, 0.6) is 5.75 Å². The highest BCUT2D eigenvalue weighted by Crippen LogP contribution is 2.30. The number of nitrogens with one attached hydrogen (secondary N) is 2. The maximum Gasteiger partial charge on any atom is 0.319 e. The monoisotopic (exact) mass is 368 g/mol. The number of benzene rings is 1. The fourth-order valence-corrected chi connectivity index (χ4v) is 2.44. The van der Waals surface area contributed by atoms with Gasteiger partial charge in [0.25, 0.3) is 0 Å². The number of urea groups is 1. The minimum Gasteiger partial charge on any atom is -0.495 e. The Hall–Kier alpha value is -2.62. The van der Waals surface area contributed by atoms with E-state index >= 15 is 0 Å². The van der Waals surface area contributed by atoms with Gasteiger partial charge in [-0.2, -0.15) is 0 Å². The van der Waals surface area contributed by atoms with Crippen LogP contribution < -0.4 is 15.4 Å². The Balaban J connectivity index is 2.12. The van der Waals surface area contributed by atoms with Crippen molar-refractivity contribution >= 4 is 21.6 Å². The summed E-state index contributed by atoms with van der Waals surface area (Å²) in [6.07, 6.45) is 1.73. The van der Waals surface area contributed by atoms with E-state index < -0.39 is 15.9 Å². The summed E-state index contributed by atoms with van der Waals surface area (Å²) >= 11 is 0. The molecule has 0 aliphatic rings. The topological polar surface area (TPSA) is 123 Å². The van der Waals surface area contributed by atoms with Gasteiger partial charge in [0, 0.05) is 24.8 Å². The van der Waals surface area contributed by atoms with Gasteiger partial charge in [-0.05, 0) is 18.2 Å². The van der Waals surface area contributed by atoms with E-state index in [9.17, 15) is 13.2 Å². The number of sulfone groups is 1. The van der Waals surface area contributed by atoms with E-state index in [1.54, 1.807) is 18.2 Å². The number of amides is 2. The van der Waals surface area contributed by atoms with Gasteiger partial charge in [0.1, 0.15) is 15.6 Å². The Kier molecular flexibility index (Phi) is 5.97. The third kappa shape index (κ3) is 5.45. The number of aromatic nitrogens is 2. The molecule has 25 heavy (non-hydrogen) atoms. The number of carbonyl (C=O) groups is 1. The minimum absolute atomic E-state index is 0.0101. The zero-order valence-electron chi connectivity index (χ0n) is 14.2. The predicted molar refractivity (Wildman–Crippen MR) is 92.4 cm³/mol. The number of methoxy groups -OCH3 is 1. The molecule has 0 saturated carbocycles. The minimum atomic E-state index is -3.14. The summed E-state index contributed by atoms with van der Waals surface area (Å²) < 4.78 is 32.9. The van der Waals surface area contributed by atoms with E-state index in [-0.39, 0.29) is 12.3 Å². The van der Waals surface area contributed by atoms with Gasteiger partial charge >= 0.3 is 6.03 Å². The van der Waals surface area contributed by atoms with E-state index in [2.05, 4.69) is 20.8 Å². The van der Waals surface area contributed by atoms with Gasteiger partial charge in [-0.3, -0.25) is 0 Å². The first-order valence-electron chi connectivity index (χ1n) is 7.55. The lowest BCUT2D eigenvalue weighted by Gasteiger charge is -2.12. The second-order valence-electron chi connectivity index (χ2n) is 5.28. The normalized spacial score (nSPS) is 11.2. The standard InChI is InChI=1S/C15H20N4O5S/c1-4-13-18-19-14(24-13)10-5-6-12(23-2)11(9-10)17-15(20)16-7-8-25(3,21)22/h5-6,9H,4,7-8H2,1-3H3,(H2,16,17,20). The molecule has 2 rings (SSSR count). The summed E-state index contributed by atoms with van der Waals surface area (Å²) in [5, 5.41) is 13.0. The summed E-state index contributed by atoms with van der Waals surface area (Å²) in [6, 6.07) is 4.50. The number of rotatable bonds is 7. The first-order valence-corrected chi connectivity index (χ1v) is 9.61. The van der Waals surface area contributed by atoms with Crippen LogP contribution in [0.2, 0.25) is 0 Å². The molecule has 0 saturated heterocycles. The van der Waals surface area contributed by atoms with Gasteiger partial charge in [-0.1, -0.05) is 6.92 Å². The van der Waals surface area contributed by atoms with E-state index in [4.69, 9.17) is 9.15 Å². The third-order valence-corrected chi connectivity index (χ3v) is 4.17. The van der Waals surface area contributed by atoms with Crippen LogP contribution in [-0.4, -0.2) is 50.3 Å². The summed E-state index contributed by atoms with van der Waals surface area (Å²) in [4.78, 5) is 11.9. The number of ether oxygens (including phenoxy) is 1. The largest absolute Gasteiger partial charge is 0.495 e. The lowest BCUT2D eigenvalue weighted by atomic mass is 10.2. The van der Waals surface area contributed by atoms with Crippen LogP contribution in [0.1, 0.15) is 12.8 Å². The van der Waals surface area contributed by atoms with Crippen LogP contribution in [0, 0.1) is 0 Å². The van der Waals surface area contributed by atoms with Crippen molar-refractivity contribution in [3.63, 3.8) is 0 Å². The number of nitrogens with zero attached hydrogens (tertiary/aromatic N) is 2. The Bertz CT molecular complexity index is 847. The fourth-order valence-electron chi connectivity index (χ4n) is 1.97. The van der Waals surface area contributed by atoms with Gasteiger partial charge < -0.3 is 19.8 Å². The number of anilines is 1. The maximum atomic E-state index is 11.9. The highest BCUT2D eigenvalue weighted by atomic mass is 32.2. The fraction of sp³-hybridized carbons (Fsp3) is 0.400. The number of aryl methyl sites for hydroxylation is 1. The van der Waals surface area contributed by atoms with Crippen molar-refractivity contribution < 1.29 is 22.4 Å². The van der Waals surface area contributed by atoms with Gasteiger partial charge in [0.05, 0.1) is 18.6 Å². The summed E-state index contributed by atoms with van der Waals surface area (Å²) in [5.74, 6) is 1.15.